The molecule has 0 heterocycles. The van der Waals surface area contributed by atoms with Crippen LogP contribution < -0.4 is 0 Å². The van der Waals surface area contributed by atoms with E-state index in [1.807, 2.05) is 0 Å². The molecular formula is C16H22O. The van der Waals surface area contributed by atoms with Crippen LogP contribution in [-0.4, -0.2) is 11.7 Å². The highest BCUT2D eigenvalue weighted by molar-refractivity contribution is 5.26. The molecule has 0 spiro atoms. The van der Waals surface area contributed by atoms with E-state index >= 15 is 0 Å². The molecule has 1 N–H and O–H groups in total. The fourth-order valence-electron chi connectivity index (χ4n) is 3.79. The first-order valence-electron chi connectivity index (χ1n) is 7.06. The molecule has 2 saturated carbocycles. The summed E-state index contributed by atoms with van der Waals surface area (Å²) in [5.41, 5.74) is 1.48. The van der Waals surface area contributed by atoms with E-state index in [0.717, 1.165) is 17.8 Å². The van der Waals surface area contributed by atoms with Crippen LogP contribution in [0.25, 0.3) is 0 Å². The van der Waals surface area contributed by atoms with E-state index in [0.29, 0.717) is 12.5 Å². The lowest BCUT2D eigenvalue weighted by molar-refractivity contribution is 0.156. The summed E-state index contributed by atoms with van der Waals surface area (Å²) in [5.74, 6) is 2.86. The number of rotatable bonds is 4. The molecule has 17 heavy (non-hydrogen) atoms. The summed E-state index contributed by atoms with van der Waals surface area (Å²) >= 11 is 0. The number of aliphatic hydroxyl groups excluding tert-OH is 1. The molecule has 0 radical (unpaired) electrons. The Kier molecular flexibility index (Phi) is 3.19. The fraction of sp³-hybridized carbons (Fsp3) is 0.625. The summed E-state index contributed by atoms with van der Waals surface area (Å²) in [4.78, 5) is 0. The molecule has 0 aromatic heterocycles. The molecule has 0 saturated heterocycles. The maximum atomic E-state index is 9.66. The van der Waals surface area contributed by atoms with Gasteiger partial charge in [0.2, 0.25) is 0 Å². The lowest BCUT2D eigenvalue weighted by Crippen LogP contribution is -2.19. The zero-order valence-corrected chi connectivity index (χ0v) is 10.4. The van der Waals surface area contributed by atoms with E-state index < -0.39 is 0 Å². The summed E-state index contributed by atoms with van der Waals surface area (Å²) < 4.78 is 0. The minimum Gasteiger partial charge on any atom is -0.396 e. The second-order valence-corrected chi connectivity index (χ2v) is 5.81. The molecule has 0 bridgehead atoms. The number of hydrogen-bond acceptors (Lipinski definition) is 1. The van der Waals surface area contributed by atoms with Crippen LogP contribution >= 0.6 is 0 Å². The van der Waals surface area contributed by atoms with Crippen LogP contribution in [0.15, 0.2) is 30.3 Å². The molecular weight excluding hydrogens is 208 g/mol. The summed E-state index contributed by atoms with van der Waals surface area (Å²) in [6.45, 7) is 0.401. The number of benzene rings is 1. The van der Waals surface area contributed by atoms with Gasteiger partial charge in [-0.1, -0.05) is 56.0 Å². The van der Waals surface area contributed by atoms with Crippen molar-refractivity contribution in [2.24, 2.45) is 17.8 Å². The van der Waals surface area contributed by atoms with Gasteiger partial charge in [0.15, 0.2) is 0 Å². The van der Waals surface area contributed by atoms with Crippen LogP contribution in [0.4, 0.5) is 0 Å². The van der Waals surface area contributed by atoms with Crippen LogP contribution in [0, 0.1) is 17.8 Å². The molecule has 92 valence electrons. The van der Waals surface area contributed by atoms with Gasteiger partial charge >= 0.3 is 0 Å². The average Bonchev–Trinajstić information content (AvgIpc) is 2.97. The van der Waals surface area contributed by atoms with Gasteiger partial charge in [-0.25, -0.2) is 0 Å². The summed E-state index contributed by atoms with van der Waals surface area (Å²) in [7, 11) is 0. The highest BCUT2D eigenvalue weighted by atomic mass is 16.3. The van der Waals surface area contributed by atoms with Crippen molar-refractivity contribution in [3.05, 3.63) is 35.9 Å². The minimum atomic E-state index is 0.401. The van der Waals surface area contributed by atoms with Gasteiger partial charge in [0, 0.05) is 6.61 Å². The molecule has 1 heteroatoms. The van der Waals surface area contributed by atoms with Gasteiger partial charge in [0.1, 0.15) is 0 Å². The molecule has 0 amide bonds. The lowest BCUT2D eigenvalue weighted by Gasteiger charge is -2.21. The predicted octanol–water partition coefficient (Wildman–Crippen LogP) is 3.59. The van der Waals surface area contributed by atoms with Crippen LogP contribution in [0.3, 0.4) is 0 Å². The first-order valence-corrected chi connectivity index (χ1v) is 7.06. The van der Waals surface area contributed by atoms with Crippen LogP contribution in [0.1, 0.15) is 43.6 Å². The quantitative estimate of drug-likeness (QED) is 0.838. The zero-order valence-electron chi connectivity index (χ0n) is 10.4. The lowest BCUT2D eigenvalue weighted by atomic mass is 9.86. The molecule has 1 aromatic carbocycles. The summed E-state index contributed by atoms with van der Waals surface area (Å²) in [6, 6.07) is 10.8. The average molecular weight is 230 g/mol. The van der Waals surface area contributed by atoms with Crippen molar-refractivity contribution in [2.45, 2.75) is 38.0 Å². The van der Waals surface area contributed by atoms with E-state index in [1.165, 1.54) is 37.7 Å². The Hall–Kier alpha value is -0.820. The SMILES string of the molecule is OCC(C1CCCC1)C1CC1c1ccccc1. The van der Waals surface area contributed by atoms with Crippen molar-refractivity contribution in [3.8, 4) is 0 Å². The largest absolute Gasteiger partial charge is 0.396 e. The van der Waals surface area contributed by atoms with Gasteiger partial charge < -0.3 is 5.11 Å². The van der Waals surface area contributed by atoms with Gasteiger partial charge in [-0.2, -0.15) is 0 Å². The van der Waals surface area contributed by atoms with Crippen molar-refractivity contribution in [2.75, 3.05) is 6.61 Å². The molecule has 1 nitrogen and oxygen atoms in total. The van der Waals surface area contributed by atoms with Crippen molar-refractivity contribution >= 4 is 0 Å². The number of hydrogen-bond donors (Lipinski definition) is 1. The molecule has 2 aliphatic rings. The first kappa shape index (κ1) is 11.3. The predicted molar refractivity (Wildman–Crippen MR) is 69.8 cm³/mol. The molecule has 0 aliphatic heterocycles. The molecule has 2 aliphatic carbocycles. The van der Waals surface area contributed by atoms with Crippen LogP contribution in [0.2, 0.25) is 0 Å². The summed E-state index contributed by atoms with van der Waals surface area (Å²) in [6.07, 6.45) is 6.76. The third kappa shape index (κ3) is 2.26. The highest BCUT2D eigenvalue weighted by Crippen LogP contribution is 2.55. The maximum Gasteiger partial charge on any atom is 0.0464 e. The molecule has 3 unspecified atom stereocenters. The Labute approximate surface area is 104 Å². The molecule has 2 fully saturated rings. The third-order valence-electron chi connectivity index (χ3n) is 4.83. The zero-order chi connectivity index (χ0) is 11.7. The van der Waals surface area contributed by atoms with Gasteiger partial charge in [0.25, 0.3) is 0 Å². The molecule has 1 aromatic rings. The Morgan fingerprint density at radius 1 is 1.12 bits per heavy atom. The van der Waals surface area contributed by atoms with E-state index in [4.69, 9.17) is 0 Å². The highest BCUT2D eigenvalue weighted by Gasteiger charge is 2.46. The Bertz CT molecular complexity index is 353. The van der Waals surface area contributed by atoms with Gasteiger partial charge in [-0.05, 0) is 35.7 Å². The van der Waals surface area contributed by atoms with Gasteiger partial charge in [-0.3, -0.25) is 0 Å². The summed E-state index contributed by atoms with van der Waals surface area (Å²) in [5, 5.41) is 9.66. The van der Waals surface area contributed by atoms with Crippen molar-refractivity contribution in [3.63, 3.8) is 0 Å². The Balaban J connectivity index is 1.66. The Morgan fingerprint density at radius 3 is 2.47 bits per heavy atom. The van der Waals surface area contributed by atoms with Crippen molar-refractivity contribution < 1.29 is 5.11 Å². The van der Waals surface area contributed by atoms with Gasteiger partial charge in [-0.15, -0.1) is 0 Å². The van der Waals surface area contributed by atoms with Crippen LogP contribution in [-0.2, 0) is 0 Å². The standard InChI is InChI=1S/C16H22O/c17-11-16(13-8-4-5-9-13)15-10-14(15)12-6-2-1-3-7-12/h1-3,6-7,13-17H,4-5,8-11H2. The van der Waals surface area contributed by atoms with Crippen molar-refractivity contribution in [1.82, 2.24) is 0 Å². The molecule has 3 atom stereocenters. The van der Waals surface area contributed by atoms with Crippen LogP contribution in [0.5, 0.6) is 0 Å². The first-order chi connectivity index (χ1) is 8.40. The smallest absolute Gasteiger partial charge is 0.0464 e. The topological polar surface area (TPSA) is 20.2 Å². The van der Waals surface area contributed by atoms with Crippen molar-refractivity contribution in [1.29, 1.82) is 0 Å². The van der Waals surface area contributed by atoms with E-state index in [1.54, 1.807) is 0 Å². The molecule has 3 rings (SSSR count). The number of aliphatic hydroxyl groups is 1. The van der Waals surface area contributed by atoms with E-state index in [2.05, 4.69) is 30.3 Å². The second-order valence-electron chi connectivity index (χ2n) is 5.81. The van der Waals surface area contributed by atoms with E-state index in [9.17, 15) is 5.11 Å². The normalized spacial score (nSPS) is 30.4. The third-order valence-corrected chi connectivity index (χ3v) is 4.83. The maximum absolute atomic E-state index is 9.66. The Morgan fingerprint density at radius 2 is 1.82 bits per heavy atom. The second kappa shape index (κ2) is 4.81. The van der Waals surface area contributed by atoms with Gasteiger partial charge in [0.05, 0.1) is 0 Å². The monoisotopic (exact) mass is 230 g/mol. The minimum absolute atomic E-state index is 0.401. The van der Waals surface area contributed by atoms with E-state index in [-0.39, 0.29) is 0 Å². The fourth-order valence-corrected chi connectivity index (χ4v) is 3.79.